The highest BCUT2D eigenvalue weighted by Gasteiger charge is 2.10. The summed E-state index contributed by atoms with van der Waals surface area (Å²) < 4.78 is 5.77. The van der Waals surface area contributed by atoms with Crippen LogP contribution in [0.5, 0.6) is 5.75 Å². The van der Waals surface area contributed by atoms with Crippen molar-refractivity contribution >= 4 is 34.7 Å². The Kier molecular flexibility index (Phi) is 5.88. The zero-order chi connectivity index (χ0) is 19.2. The third-order valence-corrected chi connectivity index (χ3v) is 3.75. The Hall–Kier alpha value is -3.12. The molecule has 27 heavy (non-hydrogen) atoms. The molecule has 2 N–H and O–H groups in total. The summed E-state index contributed by atoms with van der Waals surface area (Å²) in [5.41, 5.74) is 1.62. The van der Waals surface area contributed by atoms with Crippen LogP contribution >= 0.6 is 11.6 Å². The maximum absolute atomic E-state index is 12.3. The van der Waals surface area contributed by atoms with Gasteiger partial charge in [-0.15, -0.1) is 0 Å². The van der Waals surface area contributed by atoms with E-state index >= 15 is 0 Å². The van der Waals surface area contributed by atoms with Crippen molar-refractivity contribution in [2.75, 3.05) is 10.6 Å². The van der Waals surface area contributed by atoms with Crippen molar-refractivity contribution in [2.45, 2.75) is 20.0 Å². The highest BCUT2D eigenvalue weighted by Crippen LogP contribution is 2.27. The van der Waals surface area contributed by atoms with Gasteiger partial charge < -0.3 is 15.4 Å². The van der Waals surface area contributed by atoms with Crippen LogP contribution in [0.4, 0.5) is 17.2 Å². The lowest BCUT2D eigenvalue weighted by Crippen LogP contribution is -2.14. The quantitative estimate of drug-likeness (QED) is 0.633. The molecule has 0 bridgehead atoms. The molecule has 0 aliphatic rings. The van der Waals surface area contributed by atoms with Crippen molar-refractivity contribution in [3.05, 3.63) is 71.6 Å². The third-order valence-electron chi connectivity index (χ3n) is 3.50. The summed E-state index contributed by atoms with van der Waals surface area (Å²) in [6, 6.07) is 14.4. The third kappa shape index (κ3) is 5.18. The molecule has 3 rings (SSSR count). The first kappa shape index (κ1) is 18.7. The molecule has 3 aromatic rings. The standard InChI is InChI=1S/C20H19ClN4O2/c1-13(2)27-18-6-4-3-5-16(18)25-19-12-22-17(11-23-19)20(26)24-15-9-7-14(21)8-10-15/h3-13H,1-2H3,(H,23,25)(H,24,26). The molecular weight excluding hydrogens is 364 g/mol. The van der Waals surface area contributed by atoms with Crippen LogP contribution in [0.1, 0.15) is 24.3 Å². The van der Waals surface area contributed by atoms with Crippen molar-refractivity contribution in [2.24, 2.45) is 0 Å². The first-order valence-electron chi connectivity index (χ1n) is 8.43. The lowest BCUT2D eigenvalue weighted by Gasteiger charge is -2.15. The van der Waals surface area contributed by atoms with Gasteiger partial charge in [-0.1, -0.05) is 23.7 Å². The Labute approximate surface area is 162 Å². The summed E-state index contributed by atoms with van der Waals surface area (Å²) in [6.07, 6.45) is 2.97. The predicted octanol–water partition coefficient (Wildman–Crippen LogP) is 4.91. The molecule has 1 amide bonds. The van der Waals surface area contributed by atoms with E-state index in [-0.39, 0.29) is 17.7 Å². The van der Waals surface area contributed by atoms with Gasteiger partial charge in [-0.3, -0.25) is 4.79 Å². The normalized spacial score (nSPS) is 10.5. The van der Waals surface area contributed by atoms with E-state index in [2.05, 4.69) is 20.6 Å². The van der Waals surface area contributed by atoms with Gasteiger partial charge in [0.1, 0.15) is 17.3 Å². The monoisotopic (exact) mass is 382 g/mol. The van der Waals surface area contributed by atoms with Gasteiger partial charge in [0.05, 0.1) is 24.2 Å². The minimum Gasteiger partial charge on any atom is -0.489 e. The van der Waals surface area contributed by atoms with Gasteiger partial charge in [-0.05, 0) is 50.2 Å². The topological polar surface area (TPSA) is 76.1 Å². The maximum Gasteiger partial charge on any atom is 0.275 e. The zero-order valence-electron chi connectivity index (χ0n) is 14.9. The van der Waals surface area contributed by atoms with E-state index in [1.54, 1.807) is 24.3 Å². The van der Waals surface area contributed by atoms with Gasteiger partial charge in [0.2, 0.25) is 0 Å². The number of amides is 1. The van der Waals surface area contributed by atoms with E-state index < -0.39 is 0 Å². The van der Waals surface area contributed by atoms with Gasteiger partial charge in [-0.2, -0.15) is 0 Å². The van der Waals surface area contributed by atoms with Crippen molar-refractivity contribution in [1.29, 1.82) is 0 Å². The fraction of sp³-hybridized carbons (Fsp3) is 0.150. The average Bonchev–Trinajstić information content (AvgIpc) is 2.65. The van der Waals surface area contributed by atoms with Crippen LogP contribution in [-0.4, -0.2) is 22.0 Å². The summed E-state index contributed by atoms with van der Waals surface area (Å²) in [4.78, 5) is 20.7. The number of aromatic nitrogens is 2. The number of benzene rings is 2. The van der Waals surface area contributed by atoms with Gasteiger partial charge in [0.25, 0.3) is 5.91 Å². The fourth-order valence-electron chi connectivity index (χ4n) is 2.30. The van der Waals surface area contributed by atoms with Gasteiger partial charge in [0, 0.05) is 10.7 Å². The van der Waals surface area contributed by atoms with Crippen molar-refractivity contribution < 1.29 is 9.53 Å². The number of para-hydroxylation sites is 2. The van der Waals surface area contributed by atoms with Crippen LogP contribution in [0.15, 0.2) is 60.9 Å². The molecule has 6 nitrogen and oxygen atoms in total. The molecule has 7 heteroatoms. The van der Waals surface area contributed by atoms with Crippen molar-refractivity contribution in [1.82, 2.24) is 9.97 Å². The molecule has 0 radical (unpaired) electrons. The van der Waals surface area contributed by atoms with Crippen LogP contribution in [0.25, 0.3) is 0 Å². The zero-order valence-corrected chi connectivity index (χ0v) is 15.7. The van der Waals surface area contributed by atoms with Gasteiger partial charge in [-0.25, -0.2) is 9.97 Å². The molecule has 1 aromatic heterocycles. The maximum atomic E-state index is 12.3. The second-order valence-corrected chi connectivity index (χ2v) is 6.47. The number of carbonyl (C=O) groups is 1. The summed E-state index contributed by atoms with van der Waals surface area (Å²) in [7, 11) is 0. The number of rotatable bonds is 6. The summed E-state index contributed by atoms with van der Waals surface area (Å²) in [6.45, 7) is 3.93. The Morgan fingerprint density at radius 1 is 1.04 bits per heavy atom. The van der Waals surface area contributed by atoms with E-state index in [1.807, 2.05) is 38.1 Å². The van der Waals surface area contributed by atoms with E-state index in [4.69, 9.17) is 16.3 Å². The molecule has 0 saturated heterocycles. The molecule has 0 aliphatic heterocycles. The van der Waals surface area contributed by atoms with Crippen LogP contribution in [0.3, 0.4) is 0 Å². The smallest absolute Gasteiger partial charge is 0.275 e. The summed E-state index contributed by atoms with van der Waals surface area (Å²) in [5.74, 6) is 0.886. The van der Waals surface area contributed by atoms with Gasteiger partial charge >= 0.3 is 0 Å². The number of halogens is 1. The van der Waals surface area contributed by atoms with Gasteiger partial charge in [0.15, 0.2) is 0 Å². The second-order valence-electron chi connectivity index (χ2n) is 6.04. The highest BCUT2D eigenvalue weighted by atomic mass is 35.5. The Bertz CT molecular complexity index is 912. The molecule has 1 heterocycles. The number of nitrogens with one attached hydrogen (secondary N) is 2. The Balaban J connectivity index is 1.68. The predicted molar refractivity (Wildman–Crippen MR) is 107 cm³/mol. The largest absolute Gasteiger partial charge is 0.489 e. The van der Waals surface area contributed by atoms with Crippen molar-refractivity contribution in [3.63, 3.8) is 0 Å². The first-order chi connectivity index (χ1) is 13.0. The number of hydrogen-bond donors (Lipinski definition) is 2. The fourth-order valence-corrected chi connectivity index (χ4v) is 2.43. The number of carbonyl (C=O) groups excluding carboxylic acids is 1. The van der Waals surface area contributed by atoms with Crippen molar-refractivity contribution in [3.8, 4) is 5.75 Å². The summed E-state index contributed by atoms with van der Waals surface area (Å²) in [5, 5.41) is 6.50. The molecule has 0 unspecified atom stereocenters. The van der Waals surface area contributed by atoms with Crippen LogP contribution in [-0.2, 0) is 0 Å². The number of hydrogen-bond acceptors (Lipinski definition) is 5. The molecule has 0 spiro atoms. The number of ether oxygens (including phenoxy) is 1. The second kappa shape index (κ2) is 8.51. The number of nitrogens with zero attached hydrogens (tertiary/aromatic N) is 2. The minimum absolute atomic E-state index is 0.0537. The van der Waals surface area contributed by atoms with Crippen LogP contribution in [0.2, 0.25) is 5.02 Å². The molecular formula is C20H19ClN4O2. The summed E-state index contributed by atoms with van der Waals surface area (Å²) >= 11 is 5.84. The first-order valence-corrected chi connectivity index (χ1v) is 8.81. The Morgan fingerprint density at radius 3 is 2.44 bits per heavy atom. The van der Waals surface area contributed by atoms with Crippen LogP contribution < -0.4 is 15.4 Å². The lowest BCUT2D eigenvalue weighted by atomic mass is 10.3. The number of anilines is 3. The molecule has 2 aromatic carbocycles. The molecule has 0 atom stereocenters. The molecule has 0 saturated carbocycles. The van der Waals surface area contributed by atoms with E-state index in [0.29, 0.717) is 16.5 Å². The highest BCUT2D eigenvalue weighted by molar-refractivity contribution is 6.30. The lowest BCUT2D eigenvalue weighted by molar-refractivity contribution is 0.102. The van der Waals surface area contributed by atoms with E-state index in [9.17, 15) is 4.79 Å². The average molecular weight is 383 g/mol. The molecule has 0 aliphatic carbocycles. The Morgan fingerprint density at radius 2 is 1.78 bits per heavy atom. The van der Waals surface area contributed by atoms with Crippen LogP contribution in [0, 0.1) is 0 Å². The molecule has 138 valence electrons. The van der Waals surface area contributed by atoms with E-state index in [0.717, 1.165) is 11.4 Å². The molecule has 0 fully saturated rings. The van der Waals surface area contributed by atoms with E-state index in [1.165, 1.54) is 12.4 Å². The minimum atomic E-state index is -0.347. The SMILES string of the molecule is CC(C)Oc1ccccc1Nc1cnc(C(=O)Nc2ccc(Cl)cc2)cn1.